The van der Waals surface area contributed by atoms with Crippen LogP contribution in [-0.2, 0) is 9.53 Å². The van der Waals surface area contributed by atoms with Gasteiger partial charge in [0.15, 0.2) is 0 Å². The lowest BCUT2D eigenvalue weighted by molar-refractivity contribution is -0.136. The van der Waals surface area contributed by atoms with Crippen molar-refractivity contribution < 1.29 is 13.9 Å². The number of halogens is 1. The number of nitriles is 1. The first kappa shape index (κ1) is 14.4. The van der Waals surface area contributed by atoms with Crippen molar-refractivity contribution in [1.82, 2.24) is 0 Å². The molecule has 0 aromatic heterocycles. The molecule has 0 atom stereocenters. The van der Waals surface area contributed by atoms with Crippen molar-refractivity contribution in [1.29, 1.82) is 5.26 Å². The standard InChI is InChI=1S/C15H12FNO2/c1-10(4-5-11(2)19-12(3)18)13-6-7-14(9-17)15(16)8-13/h4-8H,1-2H2,3H3/b5-4-. The van der Waals surface area contributed by atoms with Crippen LogP contribution in [0.4, 0.5) is 4.39 Å². The van der Waals surface area contributed by atoms with E-state index >= 15 is 0 Å². The lowest BCUT2D eigenvalue weighted by Crippen LogP contribution is -1.95. The van der Waals surface area contributed by atoms with Crippen LogP contribution >= 0.6 is 0 Å². The van der Waals surface area contributed by atoms with Gasteiger partial charge in [-0.1, -0.05) is 25.3 Å². The zero-order valence-corrected chi connectivity index (χ0v) is 10.4. The molecule has 1 aromatic rings. The van der Waals surface area contributed by atoms with E-state index in [4.69, 9.17) is 10.00 Å². The topological polar surface area (TPSA) is 50.1 Å². The first-order valence-electron chi connectivity index (χ1n) is 5.38. The average molecular weight is 257 g/mol. The second-order valence-electron chi connectivity index (χ2n) is 3.72. The SMILES string of the molecule is C=C(/C=C\C(=C)c1ccc(C#N)c(F)c1)OC(C)=O. The van der Waals surface area contributed by atoms with E-state index in [9.17, 15) is 9.18 Å². The Morgan fingerprint density at radius 1 is 1.42 bits per heavy atom. The summed E-state index contributed by atoms with van der Waals surface area (Å²) in [6.45, 7) is 8.54. The van der Waals surface area contributed by atoms with Gasteiger partial charge in [0.25, 0.3) is 0 Å². The van der Waals surface area contributed by atoms with Gasteiger partial charge in [-0.3, -0.25) is 4.79 Å². The molecule has 0 aliphatic rings. The van der Waals surface area contributed by atoms with Gasteiger partial charge in [0.1, 0.15) is 17.6 Å². The molecule has 0 aliphatic carbocycles. The van der Waals surface area contributed by atoms with Gasteiger partial charge in [-0.15, -0.1) is 0 Å². The molecule has 0 saturated carbocycles. The minimum absolute atomic E-state index is 0.0233. The van der Waals surface area contributed by atoms with Crippen LogP contribution < -0.4 is 0 Å². The molecule has 0 heterocycles. The smallest absolute Gasteiger partial charge is 0.308 e. The molecule has 4 heteroatoms. The van der Waals surface area contributed by atoms with Crippen LogP contribution in [0.5, 0.6) is 0 Å². The number of esters is 1. The Hall–Kier alpha value is -2.67. The molecule has 0 fully saturated rings. The Labute approximate surface area is 110 Å². The number of hydrogen-bond donors (Lipinski definition) is 0. The molecule has 0 unspecified atom stereocenters. The third-order valence-corrected chi connectivity index (χ3v) is 2.21. The lowest BCUT2D eigenvalue weighted by Gasteiger charge is -2.03. The molecule has 1 rings (SSSR count). The monoisotopic (exact) mass is 257 g/mol. The van der Waals surface area contributed by atoms with E-state index in [-0.39, 0.29) is 11.3 Å². The first-order valence-corrected chi connectivity index (χ1v) is 5.38. The van der Waals surface area contributed by atoms with Gasteiger partial charge in [0, 0.05) is 6.92 Å². The summed E-state index contributed by atoms with van der Waals surface area (Å²) in [6, 6.07) is 5.93. The zero-order chi connectivity index (χ0) is 14.4. The van der Waals surface area contributed by atoms with Crippen LogP contribution in [0.3, 0.4) is 0 Å². The normalized spacial score (nSPS) is 9.95. The molecule has 0 radical (unpaired) electrons. The van der Waals surface area contributed by atoms with Crippen LogP contribution in [0, 0.1) is 17.1 Å². The van der Waals surface area contributed by atoms with Gasteiger partial charge in [-0.25, -0.2) is 4.39 Å². The Morgan fingerprint density at radius 3 is 2.63 bits per heavy atom. The molecule has 0 aliphatic heterocycles. The highest BCUT2D eigenvalue weighted by molar-refractivity contribution is 5.73. The Kier molecular flexibility index (Phi) is 4.78. The number of ether oxygens (including phenoxy) is 1. The highest BCUT2D eigenvalue weighted by Crippen LogP contribution is 2.18. The summed E-state index contributed by atoms with van der Waals surface area (Å²) in [5, 5.41) is 8.62. The maximum absolute atomic E-state index is 13.4. The van der Waals surface area contributed by atoms with Crippen molar-refractivity contribution in [3.63, 3.8) is 0 Å². The molecule has 3 nitrogen and oxygen atoms in total. The van der Waals surface area contributed by atoms with Gasteiger partial charge in [-0.05, 0) is 29.3 Å². The fraction of sp³-hybridized carbons (Fsp3) is 0.0667. The highest BCUT2D eigenvalue weighted by atomic mass is 19.1. The Bertz CT molecular complexity index is 609. The lowest BCUT2D eigenvalue weighted by atomic mass is 10.0. The third kappa shape index (κ3) is 4.25. The number of carbonyl (C=O) groups is 1. The van der Waals surface area contributed by atoms with Gasteiger partial charge in [0.2, 0.25) is 0 Å². The van der Waals surface area contributed by atoms with E-state index in [1.54, 1.807) is 18.2 Å². The third-order valence-electron chi connectivity index (χ3n) is 2.21. The highest BCUT2D eigenvalue weighted by Gasteiger charge is 2.04. The second-order valence-corrected chi connectivity index (χ2v) is 3.72. The molecule has 0 bridgehead atoms. The quantitative estimate of drug-likeness (QED) is 0.472. The maximum Gasteiger partial charge on any atom is 0.308 e. The molecule has 0 amide bonds. The van der Waals surface area contributed by atoms with Crippen molar-refractivity contribution in [2.45, 2.75) is 6.92 Å². The van der Waals surface area contributed by atoms with Crippen LogP contribution in [-0.4, -0.2) is 5.97 Å². The largest absolute Gasteiger partial charge is 0.427 e. The van der Waals surface area contributed by atoms with E-state index in [0.717, 1.165) is 0 Å². The van der Waals surface area contributed by atoms with Gasteiger partial charge >= 0.3 is 5.97 Å². The molecular weight excluding hydrogens is 245 g/mol. The molecule has 1 aromatic carbocycles. The number of benzene rings is 1. The molecule has 0 spiro atoms. The number of allylic oxidation sites excluding steroid dienone is 3. The number of carbonyl (C=O) groups excluding carboxylic acids is 1. The average Bonchev–Trinajstić information content (AvgIpc) is 2.35. The van der Waals surface area contributed by atoms with Crippen LogP contribution in [0.2, 0.25) is 0 Å². The fourth-order valence-electron chi connectivity index (χ4n) is 1.31. The van der Waals surface area contributed by atoms with Crippen molar-refractivity contribution in [2.75, 3.05) is 0 Å². The summed E-state index contributed by atoms with van der Waals surface area (Å²) in [5.74, 6) is -0.902. The van der Waals surface area contributed by atoms with Gasteiger partial charge < -0.3 is 4.74 Å². The first-order chi connectivity index (χ1) is 8.93. The summed E-state index contributed by atoms with van der Waals surface area (Å²) in [7, 11) is 0. The fourth-order valence-corrected chi connectivity index (χ4v) is 1.31. The van der Waals surface area contributed by atoms with Crippen molar-refractivity contribution in [3.05, 3.63) is 66.2 Å². The van der Waals surface area contributed by atoms with Gasteiger partial charge in [-0.2, -0.15) is 5.26 Å². The van der Waals surface area contributed by atoms with Crippen LogP contribution in [0.25, 0.3) is 5.57 Å². The summed E-state index contributed by atoms with van der Waals surface area (Å²) < 4.78 is 18.1. The summed E-state index contributed by atoms with van der Waals surface area (Å²) >= 11 is 0. The predicted molar refractivity (Wildman–Crippen MR) is 70.2 cm³/mol. The van der Waals surface area contributed by atoms with Crippen LogP contribution in [0.15, 0.2) is 49.3 Å². The number of nitrogens with zero attached hydrogens (tertiary/aromatic N) is 1. The summed E-state index contributed by atoms with van der Waals surface area (Å²) in [5.41, 5.74) is 1.02. The number of rotatable bonds is 4. The van der Waals surface area contributed by atoms with E-state index in [1.165, 1.54) is 25.1 Å². The van der Waals surface area contributed by atoms with Gasteiger partial charge in [0.05, 0.1) is 5.56 Å². The molecule has 96 valence electrons. The minimum atomic E-state index is -0.603. The second kappa shape index (κ2) is 6.31. The predicted octanol–water partition coefficient (Wildman–Crippen LogP) is 3.34. The van der Waals surface area contributed by atoms with Crippen LogP contribution in [0.1, 0.15) is 18.1 Å². The zero-order valence-electron chi connectivity index (χ0n) is 10.4. The molecule has 0 saturated heterocycles. The van der Waals surface area contributed by atoms with E-state index < -0.39 is 11.8 Å². The summed E-state index contributed by atoms with van der Waals surface area (Å²) in [4.78, 5) is 10.7. The van der Waals surface area contributed by atoms with E-state index in [2.05, 4.69) is 13.2 Å². The number of hydrogen-bond acceptors (Lipinski definition) is 3. The molecule has 19 heavy (non-hydrogen) atoms. The van der Waals surface area contributed by atoms with Crippen molar-refractivity contribution in [2.24, 2.45) is 0 Å². The Morgan fingerprint density at radius 2 is 2.11 bits per heavy atom. The summed E-state index contributed by atoms with van der Waals surface area (Å²) in [6.07, 6.45) is 3.01. The van der Waals surface area contributed by atoms with E-state index in [1.807, 2.05) is 0 Å². The Balaban J connectivity index is 2.82. The van der Waals surface area contributed by atoms with Crippen molar-refractivity contribution >= 4 is 11.5 Å². The minimum Gasteiger partial charge on any atom is -0.427 e. The van der Waals surface area contributed by atoms with Crippen molar-refractivity contribution in [3.8, 4) is 6.07 Å². The maximum atomic E-state index is 13.4. The molecule has 0 N–H and O–H groups in total. The molecular formula is C15H12FNO2. The van der Waals surface area contributed by atoms with E-state index in [0.29, 0.717) is 11.1 Å².